The first-order valence-corrected chi connectivity index (χ1v) is 17.7. The van der Waals surface area contributed by atoms with Crippen molar-refractivity contribution in [3.63, 3.8) is 0 Å². The Kier molecular flexibility index (Phi) is 8.87. The molecule has 0 bridgehead atoms. The van der Waals surface area contributed by atoms with Crippen molar-refractivity contribution in [3.8, 4) is 39.5 Å². The van der Waals surface area contributed by atoms with Gasteiger partial charge in [-0.25, -0.2) is 9.97 Å². The van der Waals surface area contributed by atoms with E-state index < -0.39 is 0 Å². The standard InChI is InChI=1S/C37H37Cl2N9O3/c1-47-16-21(17-48-19-37(20-48)11-31(50)43-18-37)34-35(47)45-27(15-42-34)25-7-3-5-23(32(25)38)24-6-4-8-26(33(24)39)28-14-41-29(36(46-28)51-2)13-40-12-22-9-10-30(49)44-22/h3-8,14-16,22,40H,9-13,17-20H2,1-2H3,(H,43,50)(H,44,49)/t22-/m1/s1. The van der Waals surface area contributed by atoms with E-state index in [0.717, 1.165) is 66.0 Å². The number of rotatable bonds is 10. The third-order valence-electron chi connectivity index (χ3n) is 10.1. The zero-order chi connectivity index (χ0) is 35.3. The Morgan fingerprint density at radius 2 is 1.65 bits per heavy atom. The first-order valence-electron chi connectivity index (χ1n) is 17.0. The number of carbonyl (C=O) groups excluding carboxylic acids is 2. The number of aryl methyl sites for hydroxylation is 1. The van der Waals surface area contributed by atoms with Crippen LogP contribution < -0.4 is 20.7 Å². The van der Waals surface area contributed by atoms with Gasteiger partial charge >= 0.3 is 0 Å². The summed E-state index contributed by atoms with van der Waals surface area (Å²) in [5.41, 5.74) is 7.61. The molecule has 3 aliphatic rings. The highest BCUT2D eigenvalue weighted by Crippen LogP contribution is 2.42. The van der Waals surface area contributed by atoms with Crippen molar-refractivity contribution in [1.82, 2.24) is 45.4 Å². The number of aromatic nitrogens is 5. The van der Waals surface area contributed by atoms with Crippen molar-refractivity contribution in [3.05, 3.63) is 76.3 Å². The van der Waals surface area contributed by atoms with Gasteiger partial charge in [-0.1, -0.05) is 59.6 Å². The number of ether oxygens (including phenoxy) is 1. The molecule has 6 heterocycles. The number of likely N-dealkylation sites (tertiary alicyclic amines) is 1. The lowest BCUT2D eigenvalue weighted by Gasteiger charge is -2.47. The Balaban J connectivity index is 1.02. The number of amides is 2. The maximum atomic E-state index is 11.8. The van der Waals surface area contributed by atoms with Crippen LogP contribution in [-0.4, -0.2) is 80.5 Å². The zero-order valence-electron chi connectivity index (χ0n) is 28.3. The fraction of sp³-hybridized carbons (Fsp3) is 0.351. The summed E-state index contributed by atoms with van der Waals surface area (Å²) in [6.07, 6.45) is 7.52. The third-order valence-corrected chi connectivity index (χ3v) is 10.9. The lowest BCUT2D eigenvalue weighted by Crippen LogP contribution is -2.56. The van der Waals surface area contributed by atoms with Crippen LogP contribution in [0, 0.1) is 5.41 Å². The van der Waals surface area contributed by atoms with Gasteiger partial charge in [0.25, 0.3) is 0 Å². The normalized spacial score (nSPS) is 18.3. The van der Waals surface area contributed by atoms with Crippen LogP contribution in [0.15, 0.2) is 55.0 Å². The molecule has 2 aromatic carbocycles. The second-order valence-corrected chi connectivity index (χ2v) is 14.5. The van der Waals surface area contributed by atoms with Crippen LogP contribution in [0.1, 0.15) is 30.5 Å². The number of carbonyl (C=O) groups is 2. The Hall–Kier alpha value is -4.62. The second kappa shape index (κ2) is 13.5. The average Bonchev–Trinajstić information content (AvgIpc) is 3.81. The van der Waals surface area contributed by atoms with Crippen LogP contribution in [-0.2, 0) is 29.7 Å². The summed E-state index contributed by atoms with van der Waals surface area (Å²) in [5, 5.41) is 10.3. The van der Waals surface area contributed by atoms with E-state index in [1.165, 1.54) is 0 Å². The molecule has 3 saturated heterocycles. The Labute approximate surface area is 304 Å². The van der Waals surface area contributed by atoms with Gasteiger partial charge in [0, 0.05) is 105 Å². The van der Waals surface area contributed by atoms with E-state index in [4.69, 9.17) is 42.9 Å². The molecule has 0 unspecified atom stereocenters. The van der Waals surface area contributed by atoms with Crippen molar-refractivity contribution in [2.45, 2.75) is 38.4 Å². The minimum absolute atomic E-state index is 0.0740. The molecule has 0 saturated carbocycles. The molecule has 1 spiro atoms. The molecule has 51 heavy (non-hydrogen) atoms. The van der Waals surface area contributed by atoms with E-state index in [0.29, 0.717) is 64.5 Å². The first-order chi connectivity index (χ1) is 24.7. The summed E-state index contributed by atoms with van der Waals surface area (Å²) in [6.45, 7) is 4.38. The largest absolute Gasteiger partial charge is 0.480 e. The van der Waals surface area contributed by atoms with Gasteiger partial charge in [-0.15, -0.1) is 0 Å². The topological polar surface area (TPSA) is 139 Å². The Morgan fingerprint density at radius 1 is 0.961 bits per heavy atom. The van der Waals surface area contributed by atoms with Crippen LogP contribution in [0.25, 0.3) is 44.8 Å². The van der Waals surface area contributed by atoms with Gasteiger partial charge in [0.05, 0.1) is 40.9 Å². The van der Waals surface area contributed by atoms with E-state index >= 15 is 0 Å². The highest BCUT2D eigenvalue weighted by molar-refractivity contribution is 6.39. The molecule has 0 aliphatic carbocycles. The molecule has 8 rings (SSSR count). The summed E-state index contributed by atoms with van der Waals surface area (Å²) in [7, 11) is 3.54. The highest BCUT2D eigenvalue weighted by Gasteiger charge is 2.48. The van der Waals surface area contributed by atoms with Gasteiger partial charge in [0.2, 0.25) is 17.7 Å². The number of nitrogens with one attached hydrogen (secondary N) is 3. The molecule has 3 fully saturated rings. The maximum absolute atomic E-state index is 11.8. The van der Waals surface area contributed by atoms with Crippen molar-refractivity contribution in [1.29, 1.82) is 0 Å². The summed E-state index contributed by atoms with van der Waals surface area (Å²) in [6, 6.07) is 11.7. The number of hydrogen-bond donors (Lipinski definition) is 3. The van der Waals surface area contributed by atoms with E-state index in [9.17, 15) is 9.59 Å². The molecule has 5 aromatic rings. The minimum Gasteiger partial charge on any atom is -0.480 e. The predicted octanol–water partition coefficient (Wildman–Crippen LogP) is 4.76. The van der Waals surface area contributed by atoms with E-state index in [2.05, 4.69) is 32.0 Å². The summed E-state index contributed by atoms with van der Waals surface area (Å²) < 4.78 is 7.60. The van der Waals surface area contributed by atoms with Gasteiger partial charge in [0.15, 0.2) is 5.65 Å². The van der Waals surface area contributed by atoms with Crippen molar-refractivity contribution < 1.29 is 14.3 Å². The predicted molar refractivity (Wildman–Crippen MR) is 195 cm³/mol. The number of nitrogens with zero attached hydrogens (tertiary/aromatic N) is 6. The monoisotopic (exact) mass is 725 g/mol. The van der Waals surface area contributed by atoms with E-state index in [1.54, 1.807) is 19.5 Å². The maximum Gasteiger partial charge on any atom is 0.237 e. The van der Waals surface area contributed by atoms with E-state index in [-0.39, 0.29) is 23.3 Å². The molecular formula is C37H37Cl2N9O3. The quantitative estimate of drug-likeness (QED) is 0.186. The molecule has 3 aliphatic heterocycles. The summed E-state index contributed by atoms with van der Waals surface area (Å²) >= 11 is 14.2. The van der Waals surface area contributed by atoms with Crippen molar-refractivity contribution >= 4 is 46.2 Å². The van der Waals surface area contributed by atoms with Crippen LogP contribution in [0.3, 0.4) is 0 Å². The molecule has 12 nitrogen and oxygen atoms in total. The Morgan fingerprint density at radius 3 is 2.29 bits per heavy atom. The van der Waals surface area contributed by atoms with Crippen LogP contribution >= 0.6 is 23.2 Å². The van der Waals surface area contributed by atoms with Gasteiger partial charge in [-0.05, 0) is 6.42 Å². The lowest BCUT2D eigenvalue weighted by molar-refractivity contribution is -0.121. The van der Waals surface area contributed by atoms with Crippen LogP contribution in [0.5, 0.6) is 5.88 Å². The number of benzene rings is 2. The third kappa shape index (κ3) is 6.41. The number of methoxy groups -OCH3 is 1. The Bertz CT molecular complexity index is 2180. The minimum atomic E-state index is 0.0740. The fourth-order valence-corrected chi connectivity index (χ4v) is 8.22. The zero-order valence-corrected chi connectivity index (χ0v) is 29.8. The molecular weight excluding hydrogens is 689 g/mol. The summed E-state index contributed by atoms with van der Waals surface area (Å²) in [4.78, 5) is 44.9. The fourth-order valence-electron chi connectivity index (χ4n) is 7.57. The highest BCUT2D eigenvalue weighted by atomic mass is 35.5. The number of hydrogen-bond acceptors (Lipinski definition) is 9. The molecule has 3 aromatic heterocycles. The molecule has 14 heteroatoms. The summed E-state index contributed by atoms with van der Waals surface area (Å²) in [5.74, 6) is 0.627. The van der Waals surface area contributed by atoms with Crippen molar-refractivity contribution in [2.24, 2.45) is 12.5 Å². The van der Waals surface area contributed by atoms with E-state index in [1.807, 2.05) is 48.0 Å². The lowest BCUT2D eigenvalue weighted by atomic mass is 9.79. The van der Waals surface area contributed by atoms with Crippen LogP contribution in [0.4, 0.5) is 0 Å². The van der Waals surface area contributed by atoms with Gasteiger partial charge in [0.1, 0.15) is 11.2 Å². The first kappa shape index (κ1) is 33.5. The molecule has 262 valence electrons. The van der Waals surface area contributed by atoms with Gasteiger partial charge < -0.3 is 25.3 Å². The smallest absolute Gasteiger partial charge is 0.237 e. The number of halogens is 2. The van der Waals surface area contributed by atoms with Gasteiger partial charge in [-0.2, -0.15) is 0 Å². The SMILES string of the molecule is COc1nc(-c2cccc(-c3cccc(-c4cnc5c(CN6CC7(CNC(=O)C7)C6)cn(C)c5n4)c3Cl)c2Cl)cnc1CNC[C@H]1CCC(=O)N1. The average molecular weight is 727 g/mol. The second-order valence-electron chi connectivity index (χ2n) is 13.8. The van der Waals surface area contributed by atoms with Crippen molar-refractivity contribution in [2.75, 3.05) is 33.3 Å². The molecule has 0 radical (unpaired) electrons. The molecule has 2 amide bonds. The molecule has 1 atom stereocenters. The molecule has 3 N–H and O–H groups in total. The number of fused-ring (bicyclic) bond motifs is 1. The van der Waals surface area contributed by atoms with Gasteiger partial charge in [-0.3, -0.25) is 24.5 Å². The van der Waals surface area contributed by atoms with Crippen LogP contribution in [0.2, 0.25) is 10.0 Å².